The number of hydrogen-bond donors (Lipinski definition) is 0. The fourth-order valence-electron chi connectivity index (χ4n) is 6.16. The van der Waals surface area contributed by atoms with Gasteiger partial charge in [0.2, 0.25) is 5.75 Å². The number of methoxy groups -OCH3 is 3. The Bertz CT molecular complexity index is 1290. The molecule has 236 valence electrons. The van der Waals surface area contributed by atoms with Crippen LogP contribution in [0.5, 0.6) is 17.2 Å². The maximum Gasteiger partial charge on any atom is 0.254 e. The number of hydrogen-bond acceptors (Lipinski definition) is 4. The van der Waals surface area contributed by atoms with E-state index in [2.05, 4.69) is 77.9 Å². The van der Waals surface area contributed by atoms with E-state index in [0.717, 1.165) is 49.1 Å². The molecule has 3 aromatic carbocycles. The van der Waals surface area contributed by atoms with Gasteiger partial charge in [-0.1, -0.05) is 58.7 Å². The number of amides is 1. The van der Waals surface area contributed by atoms with Crippen molar-refractivity contribution in [2.75, 3.05) is 47.5 Å². The van der Waals surface area contributed by atoms with E-state index in [-0.39, 0.29) is 22.9 Å². The SMILES string of the molecule is CC[N+](CC)(CCCCN(Cc1cc(C)cc(C)c1)C(=O)c1cc(OC)c(OC)c(OC)c1)Cc1cc(C)cc(C)c1.[Br-]. The van der Waals surface area contributed by atoms with Gasteiger partial charge >= 0.3 is 0 Å². The standard InChI is InChI=1S/C36H51N2O4.BrH/c1-10-38(11-2,25-31-20-28(5)17-29(6)21-31)15-13-12-14-37(24-30-18-26(3)16-27(4)19-30)36(39)32-22-33(40-7)35(42-9)34(23-32)41-8;/h16-23H,10-15,24-25H2,1-9H3;1H/q+1;/p-1. The van der Waals surface area contributed by atoms with Crippen molar-refractivity contribution in [2.45, 2.75) is 67.5 Å². The minimum Gasteiger partial charge on any atom is -1.00 e. The van der Waals surface area contributed by atoms with Crippen LogP contribution in [0.1, 0.15) is 70.4 Å². The lowest BCUT2D eigenvalue weighted by atomic mass is 10.0. The fraction of sp³-hybridized carbons (Fsp3) is 0.472. The zero-order valence-corrected chi connectivity index (χ0v) is 29.3. The van der Waals surface area contributed by atoms with E-state index in [1.165, 1.54) is 27.8 Å². The number of benzene rings is 3. The molecule has 0 heterocycles. The first-order valence-electron chi connectivity index (χ1n) is 15.2. The monoisotopic (exact) mass is 654 g/mol. The van der Waals surface area contributed by atoms with Crippen LogP contribution in [-0.4, -0.2) is 62.8 Å². The highest BCUT2D eigenvalue weighted by molar-refractivity contribution is 5.95. The third kappa shape index (κ3) is 9.73. The smallest absolute Gasteiger partial charge is 0.254 e. The summed E-state index contributed by atoms with van der Waals surface area (Å²) in [4.78, 5) is 16.0. The molecule has 7 heteroatoms. The zero-order valence-electron chi connectivity index (χ0n) is 27.7. The van der Waals surface area contributed by atoms with E-state index in [1.807, 2.05) is 4.90 Å². The average Bonchev–Trinajstić information content (AvgIpc) is 2.95. The predicted octanol–water partition coefficient (Wildman–Crippen LogP) is 4.43. The Hall–Kier alpha value is -3.03. The van der Waals surface area contributed by atoms with Gasteiger partial charge in [0.25, 0.3) is 5.91 Å². The Balaban J connectivity index is 0.00000645. The van der Waals surface area contributed by atoms with Gasteiger partial charge in [0.1, 0.15) is 6.54 Å². The van der Waals surface area contributed by atoms with Gasteiger partial charge in [-0.2, -0.15) is 0 Å². The Kier molecular flexibility index (Phi) is 14.1. The largest absolute Gasteiger partial charge is 1.00 e. The molecule has 1 amide bonds. The van der Waals surface area contributed by atoms with E-state index in [0.29, 0.717) is 35.9 Å². The van der Waals surface area contributed by atoms with Crippen LogP contribution in [0.4, 0.5) is 0 Å². The van der Waals surface area contributed by atoms with Gasteiger partial charge in [0.15, 0.2) is 11.5 Å². The van der Waals surface area contributed by atoms with Gasteiger partial charge < -0.3 is 40.6 Å². The van der Waals surface area contributed by atoms with Gasteiger partial charge in [0.05, 0.1) is 41.0 Å². The van der Waals surface area contributed by atoms with Crippen molar-refractivity contribution < 1.29 is 40.5 Å². The number of carbonyl (C=O) groups excluding carboxylic acids is 1. The number of carbonyl (C=O) groups is 1. The number of quaternary nitrogens is 1. The number of rotatable bonds is 15. The van der Waals surface area contributed by atoms with Crippen LogP contribution < -0.4 is 31.2 Å². The summed E-state index contributed by atoms with van der Waals surface area (Å²) < 4.78 is 17.6. The van der Waals surface area contributed by atoms with Crippen LogP contribution >= 0.6 is 0 Å². The molecule has 0 aliphatic rings. The molecule has 0 N–H and O–H groups in total. The highest BCUT2D eigenvalue weighted by atomic mass is 79.9. The van der Waals surface area contributed by atoms with Crippen molar-refractivity contribution in [3.63, 3.8) is 0 Å². The molecule has 3 aromatic rings. The van der Waals surface area contributed by atoms with Crippen LogP contribution in [0.3, 0.4) is 0 Å². The molecule has 0 aromatic heterocycles. The quantitative estimate of drug-likeness (QED) is 0.180. The molecule has 3 rings (SSSR count). The van der Waals surface area contributed by atoms with Gasteiger partial charge in [-0.3, -0.25) is 4.79 Å². The maximum absolute atomic E-state index is 14.0. The van der Waals surface area contributed by atoms with E-state index < -0.39 is 0 Å². The van der Waals surface area contributed by atoms with E-state index in [1.54, 1.807) is 33.5 Å². The molecular formula is C36H51BrN2O4. The first kappa shape index (κ1) is 36.2. The Morgan fingerprint density at radius 2 is 1.19 bits per heavy atom. The molecule has 0 atom stereocenters. The third-order valence-electron chi connectivity index (χ3n) is 8.31. The summed E-state index contributed by atoms with van der Waals surface area (Å²) in [6.07, 6.45) is 1.96. The summed E-state index contributed by atoms with van der Waals surface area (Å²) in [6.45, 7) is 18.6. The van der Waals surface area contributed by atoms with Crippen LogP contribution in [0, 0.1) is 27.7 Å². The Morgan fingerprint density at radius 3 is 1.63 bits per heavy atom. The van der Waals surface area contributed by atoms with Crippen LogP contribution in [0.25, 0.3) is 0 Å². The van der Waals surface area contributed by atoms with Crippen LogP contribution in [0.2, 0.25) is 0 Å². The molecule has 0 spiro atoms. The summed E-state index contributed by atoms with van der Waals surface area (Å²) >= 11 is 0. The highest BCUT2D eigenvalue weighted by Gasteiger charge is 2.25. The van der Waals surface area contributed by atoms with Gasteiger partial charge in [0, 0.05) is 24.2 Å². The average molecular weight is 656 g/mol. The first-order valence-corrected chi connectivity index (χ1v) is 15.2. The molecule has 0 aliphatic carbocycles. The van der Waals surface area contributed by atoms with Crippen molar-refractivity contribution >= 4 is 5.91 Å². The summed E-state index contributed by atoms with van der Waals surface area (Å²) in [7, 11) is 4.71. The summed E-state index contributed by atoms with van der Waals surface area (Å²) in [5, 5.41) is 0. The van der Waals surface area contributed by atoms with Crippen LogP contribution in [0.15, 0.2) is 48.5 Å². The first-order chi connectivity index (χ1) is 20.1. The molecular weight excluding hydrogens is 604 g/mol. The third-order valence-corrected chi connectivity index (χ3v) is 8.31. The summed E-state index contributed by atoms with van der Waals surface area (Å²) in [6, 6.07) is 16.9. The van der Waals surface area contributed by atoms with E-state index in [9.17, 15) is 4.79 Å². The second-order valence-electron chi connectivity index (χ2n) is 11.7. The minimum atomic E-state index is -0.0459. The Labute approximate surface area is 270 Å². The number of halogens is 1. The normalized spacial score (nSPS) is 11.1. The fourth-order valence-corrected chi connectivity index (χ4v) is 6.16. The number of nitrogens with zero attached hydrogens (tertiary/aromatic N) is 2. The number of ether oxygens (including phenoxy) is 3. The maximum atomic E-state index is 14.0. The lowest BCUT2D eigenvalue weighted by molar-refractivity contribution is -0.938. The molecule has 0 radical (unpaired) electrons. The van der Waals surface area contributed by atoms with Crippen molar-refractivity contribution in [1.29, 1.82) is 0 Å². The molecule has 0 aliphatic heterocycles. The number of aryl methyl sites for hydroxylation is 4. The molecule has 0 saturated heterocycles. The van der Waals surface area contributed by atoms with Crippen molar-refractivity contribution in [2.24, 2.45) is 0 Å². The number of unbranched alkanes of at least 4 members (excludes halogenated alkanes) is 1. The van der Waals surface area contributed by atoms with Crippen molar-refractivity contribution in [3.8, 4) is 17.2 Å². The highest BCUT2D eigenvalue weighted by Crippen LogP contribution is 2.38. The van der Waals surface area contributed by atoms with E-state index in [4.69, 9.17) is 14.2 Å². The molecule has 6 nitrogen and oxygen atoms in total. The van der Waals surface area contributed by atoms with Crippen molar-refractivity contribution in [3.05, 3.63) is 87.5 Å². The topological polar surface area (TPSA) is 48.0 Å². The predicted molar refractivity (Wildman–Crippen MR) is 172 cm³/mol. The molecule has 0 bridgehead atoms. The lowest BCUT2D eigenvalue weighted by Crippen LogP contribution is -3.00. The van der Waals surface area contributed by atoms with E-state index >= 15 is 0 Å². The summed E-state index contributed by atoms with van der Waals surface area (Å²) in [5.74, 6) is 1.39. The molecule has 0 fully saturated rings. The second-order valence-corrected chi connectivity index (χ2v) is 11.7. The summed E-state index contributed by atoms with van der Waals surface area (Å²) in [5.41, 5.74) is 8.11. The van der Waals surface area contributed by atoms with Crippen LogP contribution in [-0.2, 0) is 13.1 Å². The second kappa shape index (κ2) is 16.7. The molecule has 0 unspecified atom stereocenters. The van der Waals surface area contributed by atoms with Crippen molar-refractivity contribution in [1.82, 2.24) is 4.90 Å². The van der Waals surface area contributed by atoms with Gasteiger partial charge in [-0.05, 0) is 72.1 Å². The lowest BCUT2D eigenvalue weighted by Gasteiger charge is -2.37. The minimum absolute atomic E-state index is 0. The zero-order chi connectivity index (χ0) is 30.9. The van der Waals surface area contributed by atoms with Gasteiger partial charge in [-0.25, -0.2) is 0 Å². The molecule has 43 heavy (non-hydrogen) atoms. The Morgan fingerprint density at radius 1 is 0.698 bits per heavy atom. The molecule has 0 saturated carbocycles. The van der Waals surface area contributed by atoms with Gasteiger partial charge in [-0.15, -0.1) is 0 Å².